The molecule has 0 fully saturated rings. The number of rotatable bonds is 8. The van der Waals surface area contributed by atoms with Crippen LogP contribution >= 0.6 is 0 Å². The van der Waals surface area contributed by atoms with Gasteiger partial charge in [-0.3, -0.25) is 4.68 Å². The largest absolute Gasteiger partial charge is 0.396 e. The van der Waals surface area contributed by atoms with Crippen LogP contribution in [-0.2, 0) is 24.1 Å². The Labute approximate surface area is 104 Å². The molecule has 0 radical (unpaired) electrons. The van der Waals surface area contributed by atoms with Crippen molar-refractivity contribution in [2.45, 2.75) is 53.0 Å². The molecule has 0 saturated carbocycles. The quantitative estimate of drug-likeness (QED) is 0.709. The molecular formula is C13H25N3O. The second-order valence-corrected chi connectivity index (χ2v) is 4.20. The molecule has 4 heteroatoms. The van der Waals surface area contributed by atoms with Crippen molar-refractivity contribution in [3.63, 3.8) is 0 Å². The summed E-state index contributed by atoms with van der Waals surface area (Å²) >= 11 is 0. The van der Waals surface area contributed by atoms with E-state index in [1.165, 1.54) is 6.42 Å². The maximum atomic E-state index is 6.05. The number of aromatic nitrogens is 2. The fraction of sp³-hybridized carbons (Fsp3) is 0.769. The lowest BCUT2D eigenvalue weighted by Gasteiger charge is -2.07. The molecule has 1 aromatic rings. The summed E-state index contributed by atoms with van der Waals surface area (Å²) in [7, 11) is 0. The second kappa shape index (κ2) is 7.33. The van der Waals surface area contributed by atoms with Crippen LogP contribution in [0.2, 0.25) is 0 Å². The Morgan fingerprint density at radius 2 is 1.94 bits per heavy atom. The first kappa shape index (κ1) is 14.0. The number of ether oxygens (including phenoxy) is 1. The number of unbranched alkanes of at least 4 members (excludes halogenated alkanes) is 1. The molecule has 4 nitrogen and oxygen atoms in total. The molecule has 0 aliphatic rings. The van der Waals surface area contributed by atoms with Crippen molar-refractivity contribution in [1.29, 1.82) is 0 Å². The number of hydrogen-bond donors (Lipinski definition) is 1. The SMILES string of the molecule is CCCCOCCn1nc(CC)c(N)c1CC. The van der Waals surface area contributed by atoms with E-state index < -0.39 is 0 Å². The van der Waals surface area contributed by atoms with Crippen molar-refractivity contribution < 1.29 is 4.74 Å². The standard InChI is InChI=1S/C13H25N3O/c1-4-7-9-17-10-8-16-12(6-3)13(14)11(5-2)15-16/h4-10,14H2,1-3H3. The van der Waals surface area contributed by atoms with Crippen molar-refractivity contribution in [2.24, 2.45) is 0 Å². The summed E-state index contributed by atoms with van der Waals surface area (Å²) in [6.45, 7) is 8.73. The minimum Gasteiger partial charge on any atom is -0.396 e. The normalized spacial score (nSPS) is 11.0. The van der Waals surface area contributed by atoms with Gasteiger partial charge in [-0.1, -0.05) is 27.2 Å². The zero-order chi connectivity index (χ0) is 12.7. The number of aryl methyl sites for hydroxylation is 1. The molecule has 0 spiro atoms. The summed E-state index contributed by atoms with van der Waals surface area (Å²) in [6, 6.07) is 0. The fourth-order valence-electron chi connectivity index (χ4n) is 1.88. The van der Waals surface area contributed by atoms with Gasteiger partial charge >= 0.3 is 0 Å². The first-order valence-electron chi connectivity index (χ1n) is 6.66. The Morgan fingerprint density at radius 3 is 2.53 bits per heavy atom. The van der Waals surface area contributed by atoms with Crippen molar-refractivity contribution in [1.82, 2.24) is 9.78 Å². The Bertz CT molecular complexity index is 334. The van der Waals surface area contributed by atoms with Crippen LogP contribution in [0, 0.1) is 0 Å². The first-order chi connectivity index (χ1) is 8.24. The van der Waals surface area contributed by atoms with Crippen LogP contribution in [0.15, 0.2) is 0 Å². The van der Waals surface area contributed by atoms with Gasteiger partial charge in [0.05, 0.1) is 30.2 Å². The van der Waals surface area contributed by atoms with Crippen LogP contribution in [-0.4, -0.2) is 23.0 Å². The van der Waals surface area contributed by atoms with E-state index in [0.29, 0.717) is 0 Å². The predicted molar refractivity (Wildman–Crippen MR) is 71.1 cm³/mol. The van der Waals surface area contributed by atoms with Gasteiger partial charge < -0.3 is 10.5 Å². The number of hydrogen-bond acceptors (Lipinski definition) is 3. The summed E-state index contributed by atoms with van der Waals surface area (Å²) in [6.07, 6.45) is 4.12. The topological polar surface area (TPSA) is 53.1 Å². The van der Waals surface area contributed by atoms with Crippen LogP contribution in [0.5, 0.6) is 0 Å². The van der Waals surface area contributed by atoms with Gasteiger partial charge in [0, 0.05) is 6.61 Å². The zero-order valence-electron chi connectivity index (χ0n) is 11.3. The highest BCUT2D eigenvalue weighted by Gasteiger charge is 2.11. The lowest BCUT2D eigenvalue weighted by molar-refractivity contribution is 0.120. The van der Waals surface area contributed by atoms with Crippen LogP contribution in [0.1, 0.15) is 45.0 Å². The molecule has 1 aromatic heterocycles. The maximum absolute atomic E-state index is 6.05. The zero-order valence-corrected chi connectivity index (χ0v) is 11.3. The van der Waals surface area contributed by atoms with Crippen molar-refractivity contribution >= 4 is 5.69 Å². The fourth-order valence-corrected chi connectivity index (χ4v) is 1.88. The molecule has 0 bridgehead atoms. The van der Waals surface area contributed by atoms with E-state index in [9.17, 15) is 0 Å². The minimum atomic E-state index is 0.720. The molecule has 0 saturated heterocycles. The van der Waals surface area contributed by atoms with Gasteiger partial charge in [-0.25, -0.2) is 0 Å². The smallest absolute Gasteiger partial charge is 0.0854 e. The van der Waals surface area contributed by atoms with E-state index >= 15 is 0 Å². The Hall–Kier alpha value is -1.03. The van der Waals surface area contributed by atoms with Crippen LogP contribution < -0.4 is 5.73 Å². The summed E-state index contributed by atoms with van der Waals surface area (Å²) in [4.78, 5) is 0. The third-order valence-corrected chi connectivity index (χ3v) is 2.93. The van der Waals surface area contributed by atoms with E-state index in [1.807, 2.05) is 4.68 Å². The highest BCUT2D eigenvalue weighted by Crippen LogP contribution is 2.18. The van der Waals surface area contributed by atoms with Crippen molar-refractivity contribution in [2.75, 3.05) is 18.9 Å². The predicted octanol–water partition coefficient (Wildman–Crippen LogP) is 2.41. The number of nitrogens with zero attached hydrogens (tertiary/aromatic N) is 2. The Balaban J connectivity index is 2.52. The first-order valence-corrected chi connectivity index (χ1v) is 6.66. The van der Waals surface area contributed by atoms with Gasteiger partial charge in [0.1, 0.15) is 0 Å². The van der Waals surface area contributed by atoms with E-state index in [1.54, 1.807) is 0 Å². The number of anilines is 1. The van der Waals surface area contributed by atoms with E-state index in [-0.39, 0.29) is 0 Å². The lowest BCUT2D eigenvalue weighted by Crippen LogP contribution is -2.11. The molecule has 0 aliphatic heterocycles. The van der Waals surface area contributed by atoms with Gasteiger partial charge in [-0.2, -0.15) is 5.10 Å². The van der Waals surface area contributed by atoms with Crippen molar-refractivity contribution in [3.05, 3.63) is 11.4 Å². The summed E-state index contributed by atoms with van der Waals surface area (Å²) in [5.74, 6) is 0. The minimum absolute atomic E-state index is 0.720. The molecule has 98 valence electrons. The van der Waals surface area contributed by atoms with E-state index in [0.717, 1.165) is 56.1 Å². The van der Waals surface area contributed by atoms with Gasteiger partial charge in [-0.15, -0.1) is 0 Å². The van der Waals surface area contributed by atoms with Crippen LogP contribution in [0.4, 0.5) is 5.69 Å². The third-order valence-electron chi connectivity index (χ3n) is 2.93. The van der Waals surface area contributed by atoms with Gasteiger partial charge in [0.2, 0.25) is 0 Å². The lowest BCUT2D eigenvalue weighted by atomic mass is 10.2. The number of nitrogen functional groups attached to an aromatic ring is 1. The van der Waals surface area contributed by atoms with Crippen LogP contribution in [0.25, 0.3) is 0 Å². The van der Waals surface area contributed by atoms with Gasteiger partial charge in [0.25, 0.3) is 0 Å². The molecule has 1 rings (SSSR count). The van der Waals surface area contributed by atoms with Gasteiger partial charge in [-0.05, 0) is 19.3 Å². The molecule has 1 heterocycles. The molecule has 0 aliphatic carbocycles. The molecule has 2 N–H and O–H groups in total. The highest BCUT2D eigenvalue weighted by atomic mass is 16.5. The molecule has 17 heavy (non-hydrogen) atoms. The van der Waals surface area contributed by atoms with E-state index in [2.05, 4.69) is 25.9 Å². The molecular weight excluding hydrogens is 214 g/mol. The molecule has 0 atom stereocenters. The number of nitrogens with two attached hydrogens (primary N) is 1. The van der Waals surface area contributed by atoms with E-state index in [4.69, 9.17) is 10.5 Å². The Kier molecular flexibility index (Phi) is 6.05. The highest BCUT2D eigenvalue weighted by molar-refractivity contribution is 5.48. The molecule has 0 unspecified atom stereocenters. The van der Waals surface area contributed by atoms with Crippen molar-refractivity contribution in [3.8, 4) is 0 Å². The van der Waals surface area contributed by atoms with Gasteiger partial charge in [0.15, 0.2) is 0 Å². The Morgan fingerprint density at radius 1 is 1.18 bits per heavy atom. The summed E-state index contributed by atoms with van der Waals surface area (Å²) in [5.41, 5.74) is 9.07. The summed E-state index contributed by atoms with van der Waals surface area (Å²) in [5, 5.41) is 4.53. The molecule has 0 amide bonds. The third kappa shape index (κ3) is 3.73. The second-order valence-electron chi connectivity index (χ2n) is 4.20. The maximum Gasteiger partial charge on any atom is 0.0854 e. The van der Waals surface area contributed by atoms with Crippen LogP contribution in [0.3, 0.4) is 0 Å². The molecule has 0 aromatic carbocycles. The summed E-state index contributed by atoms with van der Waals surface area (Å²) < 4.78 is 7.56. The average molecular weight is 239 g/mol. The average Bonchev–Trinajstić information content (AvgIpc) is 2.65. The monoisotopic (exact) mass is 239 g/mol.